The third-order valence-electron chi connectivity index (χ3n) is 3.54. The number of hydrogen-bond donors (Lipinski definition) is 1. The molecule has 0 aromatic heterocycles. The minimum atomic E-state index is -0.889. The molecule has 0 atom stereocenters. The topological polar surface area (TPSA) is 37.3 Å². The third-order valence-corrected chi connectivity index (χ3v) is 3.54. The van der Waals surface area contributed by atoms with E-state index in [1.165, 1.54) is 5.56 Å². The van der Waals surface area contributed by atoms with Crippen LogP contribution in [0.5, 0.6) is 0 Å². The summed E-state index contributed by atoms with van der Waals surface area (Å²) >= 11 is 0. The largest absolute Gasteiger partial charge is 0.478 e. The summed E-state index contributed by atoms with van der Waals surface area (Å²) in [7, 11) is 0. The van der Waals surface area contributed by atoms with Crippen LogP contribution in [0.2, 0.25) is 0 Å². The van der Waals surface area contributed by atoms with Crippen molar-refractivity contribution in [2.45, 2.75) is 33.1 Å². The van der Waals surface area contributed by atoms with Gasteiger partial charge in [-0.2, -0.15) is 0 Å². The van der Waals surface area contributed by atoms with Gasteiger partial charge in [0, 0.05) is 0 Å². The third kappa shape index (κ3) is 2.74. The molecule has 0 unspecified atom stereocenters. The molecule has 0 aliphatic rings. The maximum absolute atomic E-state index is 11.3. The van der Waals surface area contributed by atoms with E-state index in [-0.39, 0.29) is 5.41 Å². The van der Waals surface area contributed by atoms with E-state index in [1.54, 1.807) is 12.1 Å². The molecule has 0 heterocycles. The Morgan fingerprint density at radius 3 is 2.20 bits per heavy atom. The summed E-state index contributed by atoms with van der Waals surface area (Å²) in [6.45, 7) is 8.55. The number of benzene rings is 2. The molecule has 2 aromatic rings. The number of carbonyl (C=O) groups is 1. The molecule has 1 N–H and O–H groups in total. The molecule has 2 heteroatoms. The molecule has 0 amide bonds. The van der Waals surface area contributed by atoms with Gasteiger partial charge in [0.1, 0.15) is 0 Å². The molecule has 0 saturated carbocycles. The van der Waals surface area contributed by atoms with Gasteiger partial charge in [-0.15, -0.1) is 0 Å². The summed E-state index contributed by atoms with van der Waals surface area (Å²) < 4.78 is 0. The first-order chi connectivity index (χ1) is 9.30. The number of rotatable bonds is 2. The van der Waals surface area contributed by atoms with Gasteiger partial charge in [-0.25, -0.2) is 4.79 Å². The molecule has 104 valence electrons. The summed E-state index contributed by atoms with van der Waals surface area (Å²) in [6.07, 6.45) is 0. The van der Waals surface area contributed by atoms with E-state index in [2.05, 4.69) is 32.9 Å². The van der Waals surface area contributed by atoms with Crippen LogP contribution in [0.4, 0.5) is 0 Å². The summed E-state index contributed by atoms with van der Waals surface area (Å²) in [5, 5.41) is 9.30. The van der Waals surface area contributed by atoms with Crippen LogP contribution in [0.1, 0.15) is 42.3 Å². The van der Waals surface area contributed by atoms with E-state index < -0.39 is 5.97 Å². The molecule has 20 heavy (non-hydrogen) atoms. The van der Waals surface area contributed by atoms with Gasteiger partial charge in [0.2, 0.25) is 0 Å². The van der Waals surface area contributed by atoms with Gasteiger partial charge in [0.25, 0.3) is 0 Å². The van der Waals surface area contributed by atoms with E-state index in [1.807, 2.05) is 25.1 Å². The zero-order valence-corrected chi connectivity index (χ0v) is 12.4. The lowest BCUT2D eigenvalue weighted by molar-refractivity contribution is 0.0697. The normalized spacial score (nSPS) is 11.4. The van der Waals surface area contributed by atoms with Crippen molar-refractivity contribution in [3.8, 4) is 11.1 Å². The first kappa shape index (κ1) is 14.3. The van der Waals surface area contributed by atoms with Crippen LogP contribution in [0.15, 0.2) is 42.5 Å². The van der Waals surface area contributed by atoms with Gasteiger partial charge < -0.3 is 5.11 Å². The van der Waals surface area contributed by atoms with Crippen LogP contribution >= 0.6 is 0 Å². The lowest BCUT2D eigenvalue weighted by Crippen LogP contribution is -2.11. The molecular weight excluding hydrogens is 248 g/mol. The highest BCUT2D eigenvalue weighted by molar-refractivity contribution is 5.96. The van der Waals surface area contributed by atoms with Crippen molar-refractivity contribution < 1.29 is 9.90 Å². The number of aryl methyl sites for hydroxylation is 1. The Bertz CT molecular complexity index is 649. The number of carboxylic acid groups (broad SMARTS) is 1. The number of hydrogen-bond acceptors (Lipinski definition) is 1. The highest BCUT2D eigenvalue weighted by Gasteiger charge is 2.17. The van der Waals surface area contributed by atoms with E-state index in [4.69, 9.17) is 0 Å². The zero-order chi connectivity index (χ0) is 14.9. The average Bonchev–Trinajstić information content (AvgIpc) is 2.37. The van der Waals surface area contributed by atoms with Gasteiger partial charge in [0.05, 0.1) is 5.56 Å². The minimum Gasteiger partial charge on any atom is -0.478 e. The molecule has 2 aromatic carbocycles. The van der Waals surface area contributed by atoms with Crippen LogP contribution < -0.4 is 0 Å². The second-order valence-electron chi connectivity index (χ2n) is 6.13. The first-order valence-electron chi connectivity index (χ1n) is 6.74. The van der Waals surface area contributed by atoms with Gasteiger partial charge in [-0.05, 0) is 40.7 Å². The van der Waals surface area contributed by atoms with E-state index >= 15 is 0 Å². The minimum absolute atomic E-state index is 0.0929. The van der Waals surface area contributed by atoms with Crippen molar-refractivity contribution in [1.29, 1.82) is 0 Å². The zero-order valence-electron chi connectivity index (χ0n) is 12.4. The van der Waals surface area contributed by atoms with Crippen molar-refractivity contribution in [2.24, 2.45) is 0 Å². The fourth-order valence-electron chi connectivity index (χ4n) is 2.34. The Morgan fingerprint density at radius 2 is 1.65 bits per heavy atom. The van der Waals surface area contributed by atoms with Gasteiger partial charge >= 0.3 is 5.97 Å². The van der Waals surface area contributed by atoms with Crippen molar-refractivity contribution in [3.63, 3.8) is 0 Å². The molecule has 0 bridgehead atoms. The summed E-state index contributed by atoms with van der Waals surface area (Å²) in [5.74, 6) is -0.889. The van der Waals surface area contributed by atoms with Gasteiger partial charge in [-0.1, -0.05) is 57.2 Å². The number of carboxylic acids is 1. The van der Waals surface area contributed by atoms with Crippen molar-refractivity contribution in [3.05, 3.63) is 59.2 Å². The fraction of sp³-hybridized carbons (Fsp3) is 0.278. The second kappa shape index (κ2) is 5.12. The first-order valence-corrected chi connectivity index (χ1v) is 6.74. The molecule has 0 fully saturated rings. The van der Waals surface area contributed by atoms with Crippen molar-refractivity contribution in [1.82, 2.24) is 0 Å². The maximum Gasteiger partial charge on any atom is 0.336 e. The highest BCUT2D eigenvalue weighted by Crippen LogP contribution is 2.31. The Hall–Kier alpha value is -2.09. The smallest absolute Gasteiger partial charge is 0.336 e. The van der Waals surface area contributed by atoms with Crippen LogP contribution in [0, 0.1) is 6.92 Å². The molecule has 0 saturated heterocycles. The maximum atomic E-state index is 11.3. The van der Waals surface area contributed by atoms with Crippen molar-refractivity contribution >= 4 is 5.97 Å². The predicted octanol–water partition coefficient (Wildman–Crippen LogP) is 4.66. The Labute approximate surface area is 120 Å². The molecule has 2 rings (SSSR count). The van der Waals surface area contributed by atoms with Crippen LogP contribution in [0.25, 0.3) is 11.1 Å². The average molecular weight is 268 g/mol. The Kier molecular flexibility index (Phi) is 3.67. The van der Waals surface area contributed by atoms with E-state index in [0.29, 0.717) is 5.56 Å². The second-order valence-corrected chi connectivity index (χ2v) is 6.13. The molecule has 0 spiro atoms. The number of aromatic carboxylic acids is 1. The van der Waals surface area contributed by atoms with Crippen molar-refractivity contribution in [2.75, 3.05) is 0 Å². The van der Waals surface area contributed by atoms with E-state index in [9.17, 15) is 9.90 Å². The van der Waals surface area contributed by atoms with E-state index in [0.717, 1.165) is 16.7 Å². The lowest BCUT2D eigenvalue weighted by Gasteiger charge is -2.21. The quantitative estimate of drug-likeness (QED) is 0.860. The molecular formula is C18H20O2. The summed E-state index contributed by atoms with van der Waals surface area (Å²) in [6, 6.07) is 13.4. The molecule has 0 radical (unpaired) electrons. The monoisotopic (exact) mass is 268 g/mol. The van der Waals surface area contributed by atoms with Crippen LogP contribution in [-0.4, -0.2) is 11.1 Å². The van der Waals surface area contributed by atoms with Crippen LogP contribution in [0.3, 0.4) is 0 Å². The summed E-state index contributed by atoms with van der Waals surface area (Å²) in [4.78, 5) is 11.3. The molecule has 0 aliphatic carbocycles. The Balaban J connectivity index is 2.58. The predicted molar refractivity (Wildman–Crippen MR) is 82.3 cm³/mol. The Morgan fingerprint density at radius 1 is 1.00 bits per heavy atom. The molecule has 0 aliphatic heterocycles. The fourth-order valence-corrected chi connectivity index (χ4v) is 2.34. The van der Waals surface area contributed by atoms with Gasteiger partial charge in [-0.3, -0.25) is 0 Å². The van der Waals surface area contributed by atoms with Crippen LogP contribution in [-0.2, 0) is 5.41 Å². The standard InChI is InChI=1S/C18H20O2/c1-12-11-13(18(2,3)4)9-10-14(12)15-7-5-6-8-16(15)17(19)20/h5-11H,1-4H3,(H,19,20). The lowest BCUT2D eigenvalue weighted by atomic mass is 9.84. The highest BCUT2D eigenvalue weighted by atomic mass is 16.4. The SMILES string of the molecule is Cc1cc(C(C)(C)C)ccc1-c1ccccc1C(=O)O. The van der Waals surface area contributed by atoms with Gasteiger partial charge in [0.15, 0.2) is 0 Å². The molecule has 2 nitrogen and oxygen atoms in total. The summed E-state index contributed by atoms with van der Waals surface area (Å²) in [5.41, 5.74) is 4.56.